The van der Waals surface area contributed by atoms with Crippen LogP contribution in [0.5, 0.6) is 17.2 Å². The Kier molecular flexibility index (Phi) is 5.12. The minimum Gasteiger partial charge on any atom is -0.497 e. The number of rotatable bonds is 4. The van der Waals surface area contributed by atoms with Crippen LogP contribution < -0.4 is 24.4 Å². The van der Waals surface area contributed by atoms with E-state index in [0.717, 1.165) is 36.6 Å². The number of fused-ring (bicyclic) bond motifs is 4. The fourth-order valence-electron chi connectivity index (χ4n) is 5.61. The van der Waals surface area contributed by atoms with E-state index in [4.69, 9.17) is 14.2 Å². The first-order chi connectivity index (χ1) is 17.0. The number of aromatic nitrogens is 1. The van der Waals surface area contributed by atoms with E-state index < -0.39 is 5.54 Å². The second-order valence-electron chi connectivity index (χ2n) is 9.80. The van der Waals surface area contributed by atoms with Crippen molar-refractivity contribution < 1.29 is 23.8 Å². The van der Waals surface area contributed by atoms with E-state index in [1.165, 1.54) is 6.42 Å². The van der Waals surface area contributed by atoms with Crippen molar-refractivity contribution in [3.05, 3.63) is 48.2 Å². The molecule has 1 fully saturated rings. The number of nitrogens with zero attached hydrogens (tertiary/aromatic N) is 2. The van der Waals surface area contributed by atoms with Crippen LogP contribution in [0.4, 0.5) is 5.69 Å². The number of anilines is 1. The summed E-state index contributed by atoms with van der Waals surface area (Å²) >= 11 is 0. The number of ether oxygens (including phenoxy) is 3. The Morgan fingerprint density at radius 1 is 1.06 bits per heavy atom. The summed E-state index contributed by atoms with van der Waals surface area (Å²) in [5.41, 5.74) is 0.864. The lowest BCUT2D eigenvalue weighted by Gasteiger charge is -2.44. The van der Waals surface area contributed by atoms with Gasteiger partial charge in [0.15, 0.2) is 11.5 Å². The van der Waals surface area contributed by atoms with Crippen molar-refractivity contribution in [3.8, 4) is 17.2 Å². The van der Waals surface area contributed by atoms with E-state index in [1.54, 1.807) is 24.1 Å². The van der Waals surface area contributed by atoms with Gasteiger partial charge in [-0.25, -0.2) is 0 Å². The number of amides is 2. The zero-order chi connectivity index (χ0) is 24.2. The van der Waals surface area contributed by atoms with E-state index in [2.05, 4.69) is 5.32 Å². The Balaban J connectivity index is 1.47. The molecule has 0 spiro atoms. The second kappa shape index (κ2) is 8.22. The minimum atomic E-state index is -1.15. The number of benzene rings is 2. The monoisotopic (exact) mass is 475 g/mol. The van der Waals surface area contributed by atoms with Crippen molar-refractivity contribution in [3.63, 3.8) is 0 Å². The molecule has 3 heterocycles. The first-order valence-electron chi connectivity index (χ1n) is 12.2. The van der Waals surface area contributed by atoms with Crippen molar-refractivity contribution >= 4 is 28.4 Å². The summed E-state index contributed by atoms with van der Waals surface area (Å²) in [7, 11) is 1.62. The van der Waals surface area contributed by atoms with Crippen LogP contribution in [0.25, 0.3) is 10.9 Å². The highest BCUT2D eigenvalue weighted by Crippen LogP contribution is 2.41. The van der Waals surface area contributed by atoms with Crippen LogP contribution in [-0.2, 0) is 11.3 Å². The molecule has 1 atom stereocenters. The lowest BCUT2D eigenvalue weighted by atomic mass is 9.91. The third-order valence-electron chi connectivity index (χ3n) is 7.54. The molecule has 8 nitrogen and oxygen atoms in total. The molecule has 0 saturated heterocycles. The maximum Gasteiger partial charge on any atom is 0.275 e. The highest BCUT2D eigenvalue weighted by atomic mass is 16.7. The van der Waals surface area contributed by atoms with Gasteiger partial charge in [-0.1, -0.05) is 19.3 Å². The topological polar surface area (TPSA) is 82.0 Å². The summed E-state index contributed by atoms with van der Waals surface area (Å²) in [5.74, 6) is 1.53. The molecule has 2 amide bonds. The van der Waals surface area contributed by atoms with Crippen LogP contribution in [0.2, 0.25) is 0 Å². The average Bonchev–Trinajstić information content (AvgIpc) is 3.48. The van der Waals surface area contributed by atoms with Gasteiger partial charge in [0.05, 0.1) is 19.2 Å². The number of methoxy groups -OCH3 is 1. The predicted octanol–water partition coefficient (Wildman–Crippen LogP) is 4.25. The normalized spacial score (nSPS) is 21.8. The van der Waals surface area contributed by atoms with Crippen molar-refractivity contribution in [2.45, 2.75) is 57.2 Å². The first kappa shape index (κ1) is 21.8. The number of hydrogen-bond acceptors (Lipinski definition) is 5. The van der Waals surface area contributed by atoms with Gasteiger partial charge in [0.1, 0.15) is 17.0 Å². The van der Waals surface area contributed by atoms with Crippen LogP contribution in [0.1, 0.15) is 49.5 Å². The van der Waals surface area contributed by atoms with Gasteiger partial charge in [0, 0.05) is 29.2 Å². The van der Waals surface area contributed by atoms with Gasteiger partial charge in [0.2, 0.25) is 12.7 Å². The van der Waals surface area contributed by atoms with Crippen molar-refractivity contribution in [2.24, 2.45) is 0 Å². The summed E-state index contributed by atoms with van der Waals surface area (Å²) in [5, 5.41) is 4.20. The number of carbonyl (C=O) groups is 2. The number of carbonyl (C=O) groups excluding carboxylic acids is 2. The summed E-state index contributed by atoms with van der Waals surface area (Å²) in [6.45, 7) is 2.31. The van der Waals surface area contributed by atoms with Gasteiger partial charge in [-0.05, 0) is 50.1 Å². The summed E-state index contributed by atoms with van der Waals surface area (Å²) in [4.78, 5) is 29.6. The summed E-state index contributed by atoms with van der Waals surface area (Å²) in [6, 6.07) is 13.1. The third kappa shape index (κ3) is 3.50. The van der Waals surface area contributed by atoms with E-state index in [9.17, 15) is 9.59 Å². The highest BCUT2D eigenvalue weighted by Gasteiger charge is 2.49. The maximum atomic E-state index is 14.1. The van der Waals surface area contributed by atoms with Gasteiger partial charge < -0.3 is 24.1 Å². The summed E-state index contributed by atoms with van der Waals surface area (Å²) in [6.07, 6.45) is 5.35. The maximum absolute atomic E-state index is 14.1. The van der Waals surface area contributed by atoms with Crippen LogP contribution in [0, 0.1) is 0 Å². The smallest absolute Gasteiger partial charge is 0.275 e. The molecule has 35 heavy (non-hydrogen) atoms. The molecule has 1 N–H and O–H groups in total. The van der Waals surface area contributed by atoms with Crippen LogP contribution in [0.15, 0.2) is 42.5 Å². The predicted molar refractivity (Wildman–Crippen MR) is 131 cm³/mol. The Hall–Kier alpha value is -3.68. The lowest BCUT2D eigenvalue weighted by molar-refractivity contribution is -0.127. The second-order valence-corrected chi connectivity index (χ2v) is 9.80. The molecular formula is C27H29N3O5. The van der Waals surface area contributed by atoms with Crippen molar-refractivity contribution in [1.29, 1.82) is 0 Å². The minimum absolute atomic E-state index is 0.129. The molecule has 1 aliphatic carbocycles. The Labute approximate surface area is 203 Å². The quantitative estimate of drug-likeness (QED) is 0.610. The molecule has 3 aliphatic rings. The molecular weight excluding hydrogens is 446 g/mol. The van der Waals surface area contributed by atoms with E-state index in [1.807, 2.05) is 41.8 Å². The molecule has 3 aromatic rings. The molecule has 0 radical (unpaired) electrons. The van der Waals surface area contributed by atoms with Gasteiger partial charge >= 0.3 is 0 Å². The molecule has 1 aromatic heterocycles. The van der Waals surface area contributed by atoms with Crippen LogP contribution in [-0.4, -0.2) is 41.9 Å². The third-order valence-corrected chi connectivity index (χ3v) is 7.54. The molecule has 0 bridgehead atoms. The van der Waals surface area contributed by atoms with Gasteiger partial charge in [0.25, 0.3) is 5.91 Å². The number of hydrogen-bond donors (Lipinski definition) is 1. The fraction of sp³-hybridized carbons (Fsp3) is 0.407. The molecule has 2 aromatic carbocycles. The van der Waals surface area contributed by atoms with Gasteiger partial charge in [-0.3, -0.25) is 14.5 Å². The standard InChI is InChI=1S/C27H29N3O5/c1-27(26(32)28-18-6-4-3-5-7-18)15-29-21-14-20(33-2)10-8-17(21)12-22(29)25(31)30(27)19-9-11-23-24(13-19)35-16-34-23/h8-14,18H,3-7,15-16H2,1-2H3,(H,28,32). The molecule has 6 rings (SSSR count). The first-order valence-corrected chi connectivity index (χ1v) is 12.2. The van der Waals surface area contributed by atoms with E-state index in [0.29, 0.717) is 35.2 Å². The molecule has 1 unspecified atom stereocenters. The van der Waals surface area contributed by atoms with Gasteiger partial charge in [-0.2, -0.15) is 0 Å². The SMILES string of the molecule is COc1ccc2cc3n(c2c1)CC(C)(C(=O)NC1CCCCC1)N(c1ccc2c(c1)OCO2)C3=O. The fourth-order valence-corrected chi connectivity index (χ4v) is 5.61. The van der Waals surface area contributed by atoms with Crippen LogP contribution in [0.3, 0.4) is 0 Å². The number of nitrogens with one attached hydrogen (secondary N) is 1. The zero-order valence-corrected chi connectivity index (χ0v) is 20.0. The largest absolute Gasteiger partial charge is 0.497 e. The van der Waals surface area contributed by atoms with E-state index >= 15 is 0 Å². The molecule has 1 saturated carbocycles. The average molecular weight is 476 g/mol. The van der Waals surface area contributed by atoms with E-state index in [-0.39, 0.29) is 24.6 Å². The molecule has 8 heteroatoms. The lowest BCUT2D eigenvalue weighted by Crippen LogP contribution is -2.65. The van der Waals surface area contributed by atoms with Crippen molar-refractivity contribution in [1.82, 2.24) is 9.88 Å². The molecule has 182 valence electrons. The van der Waals surface area contributed by atoms with Crippen LogP contribution >= 0.6 is 0 Å². The zero-order valence-electron chi connectivity index (χ0n) is 20.0. The Morgan fingerprint density at radius 3 is 2.66 bits per heavy atom. The van der Waals surface area contributed by atoms with Gasteiger partial charge in [-0.15, -0.1) is 0 Å². The summed E-state index contributed by atoms with van der Waals surface area (Å²) < 4.78 is 18.4. The van der Waals surface area contributed by atoms with Crippen molar-refractivity contribution in [2.75, 3.05) is 18.8 Å². The Bertz CT molecular complexity index is 1330. The Morgan fingerprint density at radius 2 is 1.86 bits per heavy atom. The highest BCUT2D eigenvalue weighted by molar-refractivity contribution is 6.14. The molecule has 2 aliphatic heterocycles.